The zero-order chi connectivity index (χ0) is 24.0. The molecule has 4 rings (SSSR count). The van der Waals surface area contributed by atoms with Crippen molar-refractivity contribution in [1.82, 2.24) is 0 Å². The number of aliphatic hydroxyl groups excluding tert-OH is 2. The van der Waals surface area contributed by atoms with Gasteiger partial charge < -0.3 is 19.7 Å². The minimum atomic E-state index is -0.586. The van der Waals surface area contributed by atoms with Gasteiger partial charge in [0.1, 0.15) is 31.4 Å². The minimum absolute atomic E-state index is 0.0458. The van der Waals surface area contributed by atoms with E-state index in [4.69, 9.17) is 19.7 Å². The van der Waals surface area contributed by atoms with Gasteiger partial charge in [-0.15, -0.1) is 0 Å². The summed E-state index contributed by atoms with van der Waals surface area (Å²) in [5.74, 6) is 1.37. The largest absolute Gasteiger partial charge is 0.491 e. The lowest BCUT2D eigenvalue weighted by Gasteiger charge is -2.34. The Morgan fingerprint density at radius 2 is 1.32 bits per heavy atom. The first-order valence-electron chi connectivity index (χ1n) is 11.4. The summed E-state index contributed by atoms with van der Waals surface area (Å²) in [5.41, 5.74) is 5.84. The van der Waals surface area contributed by atoms with Crippen LogP contribution in [0, 0.1) is 0 Å². The Balaban J connectivity index is 1.92. The first-order chi connectivity index (χ1) is 16.7. The third kappa shape index (κ3) is 4.25. The van der Waals surface area contributed by atoms with Gasteiger partial charge >= 0.3 is 0 Å². The highest BCUT2D eigenvalue weighted by Crippen LogP contribution is 2.54. The van der Waals surface area contributed by atoms with Gasteiger partial charge in [-0.3, -0.25) is 0 Å². The van der Waals surface area contributed by atoms with E-state index in [1.54, 1.807) is 6.08 Å². The SMILES string of the molecule is CC1=C(/C=C\CF)c2ccccc2C1(c1ccc(OCCO)cc1)c1ccc(OCCO)cc1. The third-order valence-electron chi connectivity index (χ3n) is 6.26. The van der Waals surface area contributed by atoms with Crippen molar-refractivity contribution in [1.29, 1.82) is 0 Å². The smallest absolute Gasteiger partial charge is 0.119 e. The molecule has 0 heterocycles. The van der Waals surface area contributed by atoms with Gasteiger partial charge in [-0.05, 0) is 64.6 Å². The van der Waals surface area contributed by atoms with Gasteiger partial charge in [0.15, 0.2) is 0 Å². The van der Waals surface area contributed by atoms with E-state index in [-0.39, 0.29) is 26.4 Å². The lowest BCUT2D eigenvalue weighted by Crippen LogP contribution is -2.29. The molecular formula is C29H29FO4. The lowest BCUT2D eigenvalue weighted by atomic mass is 9.67. The Hall–Kier alpha value is -3.41. The summed E-state index contributed by atoms with van der Waals surface area (Å²) in [6.07, 6.45) is 3.41. The number of halogens is 1. The topological polar surface area (TPSA) is 58.9 Å². The number of rotatable bonds is 10. The summed E-state index contributed by atoms with van der Waals surface area (Å²) in [7, 11) is 0. The molecule has 3 aromatic rings. The molecule has 1 aliphatic rings. The number of ether oxygens (including phenoxy) is 2. The van der Waals surface area contributed by atoms with Crippen molar-refractivity contribution in [2.45, 2.75) is 12.3 Å². The molecule has 0 aromatic heterocycles. The maximum absolute atomic E-state index is 13.1. The van der Waals surface area contributed by atoms with E-state index in [9.17, 15) is 4.39 Å². The average Bonchev–Trinajstić information content (AvgIpc) is 3.13. The van der Waals surface area contributed by atoms with Gasteiger partial charge in [0.2, 0.25) is 0 Å². The Labute approximate surface area is 199 Å². The summed E-state index contributed by atoms with van der Waals surface area (Å²) < 4.78 is 24.3. The molecule has 4 nitrogen and oxygen atoms in total. The zero-order valence-electron chi connectivity index (χ0n) is 19.2. The molecule has 0 amide bonds. The summed E-state index contributed by atoms with van der Waals surface area (Å²) in [5, 5.41) is 18.2. The molecule has 34 heavy (non-hydrogen) atoms. The van der Waals surface area contributed by atoms with Crippen molar-refractivity contribution in [2.75, 3.05) is 33.1 Å². The van der Waals surface area contributed by atoms with Crippen LogP contribution in [0.15, 0.2) is 90.5 Å². The van der Waals surface area contributed by atoms with E-state index in [2.05, 4.69) is 19.1 Å². The summed E-state index contributed by atoms with van der Waals surface area (Å²) in [6, 6.07) is 24.1. The molecular weight excluding hydrogens is 431 g/mol. The van der Waals surface area contributed by atoms with Gasteiger partial charge in [0.25, 0.3) is 0 Å². The fourth-order valence-electron chi connectivity index (χ4n) is 4.87. The summed E-state index contributed by atoms with van der Waals surface area (Å²) in [4.78, 5) is 0. The number of fused-ring (bicyclic) bond motifs is 1. The van der Waals surface area contributed by atoms with Crippen LogP contribution in [0.1, 0.15) is 29.2 Å². The van der Waals surface area contributed by atoms with Crippen molar-refractivity contribution in [2.24, 2.45) is 0 Å². The van der Waals surface area contributed by atoms with E-state index >= 15 is 0 Å². The molecule has 0 atom stereocenters. The standard InChI is InChI=1S/C29H29FO4/c1-21-26(6-4-16-30)27-5-2-3-7-28(27)29(21,22-8-12-24(13-9-22)33-19-17-31)23-10-14-25(15-11-23)34-20-18-32/h2-15,31-32H,16-20H2,1H3/b6-4-. The van der Waals surface area contributed by atoms with Crippen LogP contribution in [0.5, 0.6) is 11.5 Å². The highest BCUT2D eigenvalue weighted by Gasteiger charge is 2.45. The first kappa shape index (κ1) is 23.7. The Bertz CT molecular complexity index is 1110. The second-order valence-electron chi connectivity index (χ2n) is 8.08. The van der Waals surface area contributed by atoms with Crippen molar-refractivity contribution >= 4 is 5.57 Å². The molecule has 0 fully saturated rings. The van der Waals surface area contributed by atoms with Crippen molar-refractivity contribution in [3.63, 3.8) is 0 Å². The Morgan fingerprint density at radius 1 is 0.794 bits per heavy atom. The maximum Gasteiger partial charge on any atom is 0.119 e. The van der Waals surface area contributed by atoms with Crippen LogP contribution in [0.25, 0.3) is 5.57 Å². The average molecular weight is 461 g/mol. The molecule has 0 spiro atoms. The van der Waals surface area contributed by atoms with E-state index in [0.717, 1.165) is 33.4 Å². The minimum Gasteiger partial charge on any atom is -0.491 e. The number of allylic oxidation sites excluding steroid dienone is 4. The van der Waals surface area contributed by atoms with Gasteiger partial charge in [0.05, 0.1) is 18.6 Å². The molecule has 0 aliphatic heterocycles. The molecule has 176 valence electrons. The molecule has 2 N–H and O–H groups in total. The first-order valence-corrected chi connectivity index (χ1v) is 11.4. The second-order valence-corrected chi connectivity index (χ2v) is 8.08. The number of aliphatic hydroxyl groups is 2. The highest BCUT2D eigenvalue weighted by atomic mass is 19.1. The van der Waals surface area contributed by atoms with E-state index < -0.39 is 12.1 Å². The zero-order valence-corrected chi connectivity index (χ0v) is 19.2. The quantitative estimate of drug-likeness (QED) is 0.443. The Kier molecular flexibility index (Phi) is 7.46. The molecule has 0 saturated carbocycles. The fourth-order valence-corrected chi connectivity index (χ4v) is 4.87. The third-order valence-corrected chi connectivity index (χ3v) is 6.26. The predicted molar refractivity (Wildman–Crippen MR) is 132 cm³/mol. The van der Waals surface area contributed by atoms with Crippen LogP contribution in [-0.4, -0.2) is 43.3 Å². The summed E-state index contributed by atoms with van der Waals surface area (Å²) in [6.45, 7) is 1.95. The number of hydrogen-bond acceptors (Lipinski definition) is 4. The van der Waals surface area contributed by atoms with Gasteiger partial charge in [-0.1, -0.05) is 60.7 Å². The van der Waals surface area contributed by atoms with Crippen molar-refractivity contribution in [3.8, 4) is 11.5 Å². The molecule has 0 unspecified atom stereocenters. The number of alkyl halides is 1. The molecule has 0 bridgehead atoms. The van der Waals surface area contributed by atoms with Crippen LogP contribution >= 0.6 is 0 Å². The summed E-state index contributed by atoms with van der Waals surface area (Å²) >= 11 is 0. The van der Waals surface area contributed by atoms with Crippen molar-refractivity contribution < 1.29 is 24.1 Å². The number of benzene rings is 3. The predicted octanol–water partition coefficient (Wildman–Crippen LogP) is 5.08. The van der Waals surface area contributed by atoms with Crippen LogP contribution in [0.3, 0.4) is 0 Å². The van der Waals surface area contributed by atoms with E-state index in [1.807, 2.05) is 66.7 Å². The highest BCUT2D eigenvalue weighted by molar-refractivity contribution is 5.89. The normalized spacial score (nSPS) is 14.5. The van der Waals surface area contributed by atoms with E-state index in [0.29, 0.717) is 11.5 Å². The van der Waals surface area contributed by atoms with Crippen LogP contribution in [0.4, 0.5) is 4.39 Å². The lowest BCUT2D eigenvalue weighted by molar-refractivity contribution is 0.201. The monoisotopic (exact) mass is 460 g/mol. The fraction of sp³-hybridized carbons (Fsp3) is 0.241. The van der Waals surface area contributed by atoms with Crippen LogP contribution < -0.4 is 9.47 Å². The molecule has 1 aliphatic carbocycles. The van der Waals surface area contributed by atoms with Gasteiger partial charge in [-0.2, -0.15) is 0 Å². The van der Waals surface area contributed by atoms with Gasteiger partial charge in [0, 0.05) is 0 Å². The van der Waals surface area contributed by atoms with E-state index in [1.165, 1.54) is 0 Å². The maximum atomic E-state index is 13.1. The molecule has 0 saturated heterocycles. The molecule has 3 aromatic carbocycles. The van der Waals surface area contributed by atoms with Crippen LogP contribution in [0.2, 0.25) is 0 Å². The van der Waals surface area contributed by atoms with Crippen molar-refractivity contribution in [3.05, 3.63) is 113 Å². The molecule has 0 radical (unpaired) electrons. The number of hydrogen-bond donors (Lipinski definition) is 2. The van der Waals surface area contributed by atoms with Gasteiger partial charge in [-0.25, -0.2) is 4.39 Å². The van der Waals surface area contributed by atoms with Crippen LogP contribution in [-0.2, 0) is 5.41 Å². The molecule has 5 heteroatoms. The second kappa shape index (κ2) is 10.7. The Morgan fingerprint density at radius 3 is 1.82 bits per heavy atom.